The first-order valence-electron chi connectivity index (χ1n) is 7.25. The summed E-state index contributed by atoms with van der Waals surface area (Å²) >= 11 is 0. The molecule has 3 heteroatoms. The van der Waals surface area contributed by atoms with Gasteiger partial charge in [-0.3, -0.25) is 0 Å². The first-order chi connectivity index (χ1) is 8.12. The van der Waals surface area contributed by atoms with Crippen molar-refractivity contribution in [2.45, 2.75) is 57.5 Å². The Hall–Kier alpha value is -0.120. The van der Waals surface area contributed by atoms with Crippen LogP contribution in [0.3, 0.4) is 0 Å². The van der Waals surface area contributed by atoms with Crippen LogP contribution in [0, 0.1) is 11.3 Å². The SMILES string of the molecule is CC1CCC(CN)(C2(O)CCCNCC2)CC1. The lowest BCUT2D eigenvalue weighted by molar-refractivity contribution is -0.111. The molecule has 1 heterocycles. The molecule has 1 saturated heterocycles. The Kier molecular flexibility index (Phi) is 4.11. The van der Waals surface area contributed by atoms with Gasteiger partial charge >= 0.3 is 0 Å². The van der Waals surface area contributed by atoms with Gasteiger partial charge in [-0.1, -0.05) is 19.8 Å². The molecule has 2 rings (SSSR count). The van der Waals surface area contributed by atoms with Gasteiger partial charge in [0.25, 0.3) is 0 Å². The highest BCUT2D eigenvalue weighted by Gasteiger charge is 2.49. The molecule has 100 valence electrons. The zero-order chi connectivity index (χ0) is 12.4. The lowest BCUT2D eigenvalue weighted by atomic mass is 9.59. The maximum atomic E-state index is 11.1. The molecule has 2 fully saturated rings. The number of nitrogens with two attached hydrogens (primary N) is 1. The Morgan fingerprint density at radius 2 is 1.88 bits per heavy atom. The molecular weight excluding hydrogens is 212 g/mol. The minimum atomic E-state index is -0.522. The second-order valence-corrected chi connectivity index (χ2v) is 6.30. The van der Waals surface area contributed by atoms with Gasteiger partial charge in [0.2, 0.25) is 0 Å². The van der Waals surface area contributed by atoms with Crippen LogP contribution in [0.2, 0.25) is 0 Å². The van der Waals surface area contributed by atoms with E-state index in [-0.39, 0.29) is 5.41 Å². The lowest BCUT2D eigenvalue weighted by Crippen LogP contribution is -2.54. The highest BCUT2D eigenvalue weighted by Crippen LogP contribution is 2.49. The molecule has 0 aromatic heterocycles. The second kappa shape index (κ2) is 5.25. The predicted molar refractivity (Wildman–Crippen MR) is 70.8 cm³/mol. The molecule has 1 atom stereocenters. The zero-order valence-electron chi connectivity index (χ0n) is 11.2. The minimum Gasteiger partial charge on any atom is -0.389 e. The topological polar surface area (TPSA) is 58.3 Å². The summed E-state index contributed by atoms with van der Waals surface area (Å²) in [5.41, 5.74) is 5.54. The summed E-state index contributed by atoms with van der Waals surface area (Å²) in [6.07, 6.45) is 7.56. The van der Waals surface area contributed by atoms with Gasteiger partial charge < -0.3 is 16.2 Å². The van der Waals surface area contributed by atoms with Gasteiger partial charge in [-0.25, -0.2) is 0 Å². The third kappa shape index (κ3) is 2.51. The van der Waals surface area contributed by atoms with Crippen molar-refractivity contribution in [2.24, 2.45) is 17.1 Å². The van der Waals surface area contributed by atoms with E-state index in [0.29, 0.717) is 6.54 Å². The molecule has 0 spiro atoms. The molecular formula is C14H28N2O. The predicted octanol–water partition coefficient (Wildman–Crippen LogP) is 1.65. The molecule has 2 aliphatic rings. The van der Waals surface area contributed by atoms with Crippen molar-refractivity contribution in [3.05, 3.63) is 0 Å². The van der Waals surface area contributed by atoms with E-state index in [4.69, 9.17) is 5.73 Å². The molecule has 17 heavy (non-hydrogen) atoms. The number of hydrogen-bond donors (Lipinski definition) is 3. The maximum absolute atomic E-state index is 11.1. The van der Waals surface area contributed by atoms with E-state index in [1.165, 1.54) is 12.8 Å². The lowest BCUT2D eigenvalue weighted by Gasteiger charge is -2.50. The average Bonchev–Trinajstić information content (AvgIpc) is 2.57. The third-order valence-corrected chi connectivity index (χ3v) is 5.27. The third-order valence-electron chi connectivity index (χ3n) is 5.27. The van der Waals surface area contributed by atoms with Gasteiger partial charge in [-0.05, 0) is 51.1 Å². The number of hydrogen-bond acceptors (Lipinski definition) is 3. The Labute approximate surface area is 105 Å². The van der Waals surface area contributed by atoms with Crippen molar-refractivity contribution in [1.29, 1.82) is 0 Å². The molecule has 1 unspecified atom stereocenters. The van der Waals surface area contributed by atoms with E-state index in [1.54, 1.807) is 0 Å². The molecule has 0 bridgehead atoms. The molecule has 1 aliphatic carbocycles. The van der Waals surface area contributed by atoms with Crippen molar-refractivity contribution in [1.82, 2.24) is 5.32 Å². The van der Waals surface area contributed by atoms with Gasteiger partial charge in [-0.15, -0.1) is 0 Å². The molecule has 0 aromatic rings. The molecule has 1 aliphatic heterocycles. The van der Waals surface area contributed by atoms with Gasteiger partial charge in [0.05, 0.1) is 5.60 Å². The van der Waals surface area contributed by atoms with E-state index < -0.39 is 5.60 Å². The largest absolute Gasteiger partial charge is 0.389 e. The summed E-state index contributed by atoms with van der Waals surface area (Å²) in [6.45, 7) is 4.95. The van der Waals surface area contributed by atoms with E-state index in [1.807, 2.05) is 0 Å². The first-order valence-corrected chi connectivity index (χ1v) is 7.25. The Morgan fingerprint density at radius 3 is 2.53 bits per heavy atom. The zero-order valence-corrected chi connectivity index (χ0v) is 11.2. The summed E-state index contributed by atoms with van der Waals surface area (Å²) in [5, 5.41) is 14.5. The summed E-state index contributed by atoms with van der Waals surface area (Å²) in [7, 11) is 0. The molecule has 3 nitrogen and oxygen atoms in total. The van der Waals surface area contributed by atoms with E-state index >= 15 is 0 Å². The van der Waals surface area contributed by atoms with Crippen LogP contribution in [0.25, 0.3) is 0 Å². The Balaban J connectivity index is 2.14. The smallest absolute Gasteiger partial charge is 0.0728 e. The van der Waals surface area contributed by atoms with Crippen molar-refractivity contribution < 1.29 is 5.11 Å². The molecule has 0 radical (unpaired) electrons. The van der Waals surface area contributed by atoms with Crippen LogP contribution >= 0.6 is 0 Å². The second-order valence-electron chi connectivity index (χ2n) is 6.30. The van der Waals surface area contributed by atoms with E-state index in [0.717, 1.165) is 51.1 Å². The molecule has 1 saturated carbocycles. The minimum absolute atomic E-state index is 0.00840. The highest BCUT2D eigenvalue weighted by molar-refractivity contribution is 5.02. The van der Waals surface area contributed by atoms with Crippen LogP contribution in [0.1, 0.15) is 51.9 Å². The van der Waals surface area contributed by atoms with E-state index in [2.05, 4.69) is 12.2 Å². The maximum Gasteiger partial charge on any atom is 0.0728 e. The average molecular weight is 240 g/mol. The van der Waals surface area contributed by atoms with Crippen molar-refractivity contribution in [2.75, 3.05) is 19.6 Å². The van der Waals surface area contributed by atoms with Crippen LogP contribution in [-0.4, -0.2) is 30.3 Å². The number of aliphatic hydroxyl groups is 1. The van der Waals surface area contributed by atoms with Crippen molar-refractivity contribution in [3.63, 3.8) is 0 Å². The summed E-state index contributed by atoms with van der Waals surface area (Å²) < 4.78 is 0. The van der Waals surface area contributed by atoms with Gasteiger partial charge in [-0.2, -0.15) is 0 Å². The molecule has 4 N–H and O–H groups in total. The van der Waals surface area contributed by atoms with Gasteiger partial charge in [0, 0.05) is 12.0 Å². The first kappa shape index (κ1) is 13.3. The monoisotopic (exact) mass is 240 g/mol. The summed E-state index contributed by atoms with van der Waals surface area (Å²) in [4.78, 5) is 0. The van der Waals surface area contributed by atoms with Crippen LogP contribution in [0.4, 0.5) is 0 Å². The van der Waals surface area contributed by atoms with Crippen molar-refractivity contribution in [3.8, 4) is 0 Å². The summed E-state index contributed by atoms with van der Waals surface area (Å²) in [5.74, 6) is 0.808. The van der Waals surface area contributed by atoms with Gasteiger partial charge in [0.15, 0.2) is 0 Å². The fourth-order valence-corrected chi connectivity index (χ4v) is 3.76. The Morgan fingerprint density at radius 1 is 1.18 bits per heavy atom. The van der Waals surface area contributed by atoms with E-state index in [9.17, 15) is 5.11 Å². The number of nitrogens with one attached hydrogen (secondary N) is 1. The fourth-order valence-electron chi connectivity index (χ4n) is 3.76. The number of rotatable bonds is 2. The summed E-state index contributed by atoms with van der Waals surface area (Å²) in [6, 6.07) is 0. The Bertz CT molecular complexity index is 239. The van der Waals surface area contributed by atoms with Crippen LogP contribution in [0.15, 0.2) is 0 Å². The van der Waals surface area contributed by atoms with Crippen LogP contribution < -0.4 is 11.1 Å². The highest BCUT2D eigenvalue weighted by atomic mass is 16.3. The van der Waals surface area contributed by atoms with Crippen LogP contribution in [-0.2, 0) is 0 Å². The quantitative estimate of drug-likeness (QED) is 0.688. The van der Waals surface area contributed by atoms with Crippen LogP contribution in [0.5, 0.6) is 0 Å². The normalized spacial score (nSPS) is 44.3. The van der Waals surface area contributed by atoms with Gasteiger partial charge in [0.1, 0.15) is 0 Å². The fraction of sp³-hybridized carbons (Fsp3) is 1.00. The standard InChI is InChI=1S/C14H28N2O/c1-12-3-6-13(11-15,7-4-12)14(17)5-2-9-16-10-8-14/h12,16-17H,2-11,15H2,1H3. The van der Waals surface area contributed by atoms with Crippen molar-refractivity contribution >= 4 is 0 Å². The molecule has 0 aromatic carbocycles. The molecule has 0 amide bonds.